The van der Waals surface area contributed by atoms with Gasteiger partial charge in [-0.25, -0.2) is 4.79 Å². The van der Waals surface area contributed by atoms with Crippen molar-refractivity contribution in [3.8, 4) is 11.5 Å². The summed E-state index contributed by atoms with van der Waals surface area (Å²) < 4.78 is 15.9. The minimum Gasteiger partial charge on any atom is -0.504 e. The number of ether oxygens (including phenoxy) is 3. The van der Waals surface area contributed by atoms with E-state index in [1.807, 2.05) is 6.92 Å². The van der Waals surface area contributed by atoms with Crippen LogP contribution in [0.4, 0.5) is 0 Å². The molecule has 0 bridgehead atoms. The van der Waals surface area contributed by atoms with Gasteiger partial charge in [-0.15, -0.1) is 0 Å². The van der Waals surface area contributed by atoms with Crippen molar-refractivity contribution in [3.63, 3.8) is 0 Å². The van der Waals surface area contributed by atoms with Crippen molar-refractivity contribution in [2.45, 2.75) is 32.8 Å². The molecule has 1 atom stereocenters. The Morgan fingerprint density at radius 1 is 1.43 bits per heavy atom. The number of methoxy groups -OCH3 is 1. The number of phenols is 1. The summed E-state index contributed by atoms with van der Waals surface area (Å²) in [5.74, 6) is -0.662. The molecule has 1 saturated heterocycles. The van der Waals surface area contributed by atoms with Crippen LogP contribution < -0.4 is 4.74 Å². The van der Waals surface area contributed by atoms with Gasteiger partial charge in [0.15, 0.2) is 11.5 Å². The van der Waals surface area contributed by atoms with Gasteiger partial charge < -0.3 is 24.2 Å². The summed E-state index contributed by atoms with van der Waals surface area (Å²) >= 11 is 0. The number of rotatable bonds is 6. The number of benzene rings is 1. The molecule has 3 rings (SSSR count). The highest BCUT2D eigenvalue weighted by molar-refractivity contribution is 6.16. The van der Waals surface area contributed by atoms with Gasteiger partial charge in [0, 0.05) is 17.9 Å². The van der Waals surface area contributed by atoms with Crippen LogP contribution in [0, 0.1) is 0 Å². The van der Waals surface area contributed by atoms with Crippen LogP contribution in [0.25, 0.3) is 6.08 Å². The van der Waals surface area contributed by atoms with E-state index in [2.05, 4.69) is 0 Å². The number of hydrogen-bond donors (Lipinski definition) is 1. The first-order valence-corrected chi connectivity index (χ1v) is 9.37. The Morgan fingerprint density at radius 2 is 2.21 bits per heavy atom. The average molecular weight is 387 g/mol. The first kappa shape index (κ1) is 19.9. The normalized spacial score (nSPS) is 21.0. The molecule has 0 aromatic heterocycles. The van der Waals surface area contributed by atoms with Crippen molar-refractivity contribution in [1.29, 1.82) is 0 Å². The third-order valence-corrected chi connectivity index (χ3v) is 4.94. The summed E-state index contributed by atoms with van der Waals surface area (Å²) in [6.45, 7) is 4.99. The fourth-order valence-electron chi connectivity index (χ4n) is 3.52. The van der Waals surface area contributed by atoms with E-state index in [0.29, 0.717) is 36.8 Å². The van der Waals surface area contributed by atoms with Gasteiger partial charge in [-0.05, 0) is 38.8 Å². The second-order valence-electron chi connectivity index (χ2n) is 6.69. The molecule has 1 fully saturated rings. The summed E-state index contributed by atoms with van der Waals surface area (Å²) in [4.78, 5) is 27.0. The van der Waals surface area contributed by atoms with Crippen molar-refractivity contribution in [2.75, 3.05) is 26.9 Å². The number of nitrogens with zero attached hydrogens (tertiary/aromatic N) is 1. The van der Waals surface area contributed by atoms with E-state index in [0.717, 1.165) is 12.8 Å². The Balaban J connectivity index is 2.01. The molecule has 0 spiro atoms. The van der Waals surface area contributed by atoms with Crippen molar-refractivity contribution in [3.05, 3.63) is 40.6 Å². The fraction of sp³-hybridized carbons (Fsp3) is 0.429. The lowest BCUT2D eigenvalue weighted by Crippen LogP contribution is -2.33. The van der Waals surface area contributed by atoms with Gasteiger partial charge in [0.25, 0.3) is 5.91 Å². The molecule has 1 amide bonds. The van der Waals surface area contributed by atoms with Crippen molar-refractivity contribution in [2.24, 2.45) is 0 Å². The first-order valence-electron chi connectivity index (χ1n) is 9.37. The number of amides is 1. The Bertz CT molecular complexity index is 835. The lowest BCUT2D eigenvalue weighted by atomic mass is 10.0. The number of para-hydroxylation sites is 1. The zero-order chi connectivity index (χ0) is 20.3. The lowest BCUT2D eigenvalue weighted by molar-refractivity contribution is -0.136. The standard InChI is InChI=1S/C21H25NO6/c1-4-27-17-9-5-7-14(19(17)23)11-16-18(21(25)26-3)13(2)22(20(16)24)12-15-8-6-10-28-15/h5,7,9,11,15,23H,4,6,8,10,12H2,1-3H3/b16-11-/t15-/m1/s1. The molecular weight excluding hydrogens is 362 g/mol. The van der Waals surface area contributed by atoms with Gasteiger partial charge in [0.2, 0.25) is 0 Å². The van der Waals surface area contributed by atoms with E-state index < -0.39 is 5.97 Å². The maximum Gasteiger partial charge on any atom is 0.340 e. The van der Waals surface area contributed by atoms with Gasteiger partial charge in [0.1, 0.15) is 0 Å². The summed E-state index contributed by atoms with van der Waals surface area (Å²) in [6, 6.07) is 5.02. The summed E-state index contributed by atoms with van der Waals surface area (Å²) in [5, 5.41) is 10.5. The van der Waals surface area contributed by atoms with E-state index >= 15 is 0 Å². The van der Waals surface area contributed by atoms with E-state index in [4.69, 9.17) is 14.2 Å². The second kappa shape index (κ2) is 8.48. The predicted molar refractivity (Wildman–Crippen MR) is 103 cm³/mol. The molecule has 2 aliphatic rings. The minimum absolute atomic E-state index is 0.0492. The maximum absolute atomic E-state index is 13.1. The number of allylic oxidation sites excluding steroid dienone is 1. The number of carbonyl (C=O) groups excluding carboxylic acids is 2. The average Bonchev–Trinajstić information content (AvgIpc) is 3.27. The van der Waals surface area contributed by atoms with Crippen LogP contribution in [0.2, 0.25) is 0 Å². The second-order valence-corrected chi connectivity index (χ2v) is 6.69. The van der Waals surface area contributed by atoms with Crippen LogP contribution in [-0.4, -0.2) is 54.9 Å². The Morgan fingerprint density at radius 3 is 2.86 bits per heavy atom. The molecule has 0 unspecified atom stereocenters. The molecular formula is C21H25NO6. The highest BCUT2D eigenvalue weighted by Gasteiger charge is 2.38. The SMILES string of the molecule is CCOc1cccc(/C=C2\C(=O)N(C[C@H]3CCCO3)C(C)=C2C(=O)OC)c1O. The number of aromatic hydroxyl groups is 1. The molecule has 150 valence electrons. The van der Waals surface area contributed by atoms with Gasteiger partial charge in [0.05, 0.1) is 37.5 Å². The topological polar surface area (TPSA) is 85.3 Å². The molecule has 2 aliphatic heterocycles. The van der Waals surface area contributed by atoms with Crippen molar-refractivity contribution >= 4 is 18.0 Å². The third-order valence-electron chi connectivity index (χ3n) is 4.94. The minimum atomic E-state index is -0.590. The summed E-state index contributed by atoms with van der Waals surface area (Å²) in [7, 11) is 1.28. The fourth-order valence-corrected chi connectivity index (χ4v) is 3.52. The molecule has 1 aromatic carbocycles. The Labute approximate surface area is 164 Å². The van der Waals surface area contributed by atoms with Gasteiger partial charge in [-0.3, -0.25) is 4.79 Å². The molecule has 28 heavy (non-hydrogen) atoms. The van der Waals surface area contributed by atoms with Gasteiger partial charge >= 0.3 is 5.97 Å². The van der Waals surface area contributed by atoms with Crippen LogP contribution in [0.5, 0.6) is 11.5 Å². The zero-order valence-corrected chi connectivity index (χ0v) is 16.4. The Hall–Kier alpha value is -2.80. The molecule has 1 N–H and O–H groups in total. The van der Waals surface area contributed by atoms with Crippen LogP contribution >= 0.6 is 0 Å². The molecule has 0 saturated carbocycles. The van der Waals surface area contributed by atoms with E-state index in [-0.39, 0.29) is 28.9 Å². The molecule has 0 radical (unpaired) electrons. The van der Waals surface area contributed by atoms with E-state index in [1.54, 1.807) is 30.0 Å². The predicted octanol–water partition coefficient (Wildman–Crippen LogP) is 2.64. The Kier molecular flexibility index (Phi) is 6.04. The van der Waals surface area contributed by atoms with Gasteiger partial charge in [-0.2, -0.15) is 0 Å². The maximum atomic E-state index is 13.1. The number of phenolic OH excluding ortho intramolecular Hbond substituents is 1. The van der Waals surface area contributed by atoms with Crippen LogP contribution in [0.1, 0.15) is 32.3 Å². The molecule has 1 aromatic rings. The first-order chi connectivity index (χ1) is 13.5. The van der Waals surface area contributed by atoms with Crippen molar-refractivity contribution in [1.82, 2.24) is 4.90 Å². The molecule has 7 nitrogen and oxygen atoms in total. The van der Waals surface area contributed by atoms with Crippen molar-refractivity contribution < 1.29 is 28.9 Å². The molecule has 7 heteroatoms. The highest BCUT2D eigenvalue weighted by Crippen LogP contribution is 2.36. The lowest BCUT2D eigenvalue weighted by Gasteiger charge is -2.21. The number of esters is 1. The summed E-state index contributed by atoms with van der Waals surface area (Å²) in [6.07, 6.45) is 3.29. The zero-order valence-electron chi connectivity index (χ0n) is 16.4. The van der Waals surface area contributed by atoms with Crippen LogP contribution in [0.3, 0.4) is 0 Å². The third kappa shape index (κ3) is 3.75. The van der Waals surface area contributed by atoms with E-state index in [9.17, 15) is 14.7 Å². The van der Waals surface area contributed by atoms with Gasteiger partial charge in [-0.1, -0.05) is 12.1 Å². The summed E-state index contributed by atoms with van der Waals surface area (Å²) in [5.41, 5.74) is 1.31. The van der Waals surface area contributed by atoms with Crippen LogP contribution in [0.15, 0.2) is 35.0 Å². The quantitative estimate of drug-likeness (QED) is 0.597. The van der Waals surface area contributed by atoms with Crippen LogP contribution in [-0.2, 0) is 19.1 Å². The smallest absolute Gasteiger partial charge is 0.340 e. The van der Waals surface area contributed by atoms with E-state index in [1.165, 1.54) is 13.2 Å². The highest BCUT2D eigenvalue weighted by atomic mass is 16.5. The number of carbonyl (C=O) groups is 2. The monoisotopic (exact) mass is 387 g/mol. The largest absolute Gasteiger partial charge is 0.504 e. The number of hydrogen-bond acceptors (Lipinski definition) is 6. The molecule has 2 heterocycles. The molecule has 0 aliphatic carbocycles.